The third kappa shape index (κ3) is 49.5. The number of rotatable bonds is 52. The number of unbranched alkanes of at least 4 members (excludes halogenated alkanes) is 35. The van der Waals surface area contributed by atoms with Crippen molar-refractivity contribution >= 4 is 11.9 Å². The fourth-order valence-electron chi connectivity index (χ4n) is 8.55. The van der Waals surface area contributed by atoms with Gasteiger partial charge >= 0.3 is 5.97 Å². The molecule has 6 nitrogen and oxygen atoms in total. The topological polar surface area (TPSA) is 95.9 Å². The summed E-state index contributed by atoms with van der Waals surface area (Å²) in [4.78, 5) is 24.5. The minimum atomic E-state index is -0.673. The molecule has 0 radical (unpaired) electrons. The number of nitrogens with one attached hydrogen (secondary N) is 1. The van der Waals surface area contributed by atoms with Gasteiger partial charge in [0.05, 0.1) is 25.4 Å². The summed E-state index contributed by atoms with van der Waals surface area (Å²) in [5, 5.41) is 23.3. The number of carbonyl (C=O) groups is 2. The predicted molar refractivity (Wildman–Crippen MR) is 278 cm³/mol. The van der Waals surface area contributed by atoms with E-state index in [1.807, 2.05) is 0 Å². The van der Waals surface area contributed by atoms with E-state index < -0.39 is 12.1 Å². The number of aliphatic hydroxyl groups is 2. The number of carbonyl (C=O) groups excluding carboxylic acids is 2. The van der Waals surface area contributed by atoms with Crippen molar-refractivity contribution in [1.82, 2.24) is 5.32 Å². The molecule has 0 aromatic heterocycles. The van der Waals surface area contributed by atoms with Gasteiger partial charge in [0.2, 0.25) is 5.91 Å². The van der Waals surface area contributed by atoms with Gasteiger partial charge in [0, 0.05) is 12.8 Å². The Labute approximate surface area is 398 Å². The number of hydrogen-bond acceptors (Lipinski definition) is 5. The van der Waals surface area contributed by atoms with E-state index in [4.69, 9.17) is 4.74 Å². The van der Waals surface area contributed by atoms with Crippen LogP contribution in [0.4, 0.5) is 0 Å². The third-order valence-electron chi connectivity index (χ3n) is 12.9. The number of amides is 1. The fraction of sp³-hybridized carbons (Fsp3) is 0.862. The molecule has 64 heavy (non-hydrogen) atoms. The molecule has 0 aliphatic carbocycles. The molecule has 0 aliphatic rings. The Balaban J connectivity index is 3.46. The molecule has 0 aromatic carbocycles. The third-order valence-corrected chi connectivity index (χ3v) is 12.9. The van der Waals surface area contributed by atoms with E-state index in [9.17, 15) is 19.8 Å². The first-order valence-electron chi connectivity index (χ1n) is 28.2. The highest BCUT2D eigenvalue weighted by molar-refractivity contribution is 5.76. The second-order valence-electron chi connectivity index (χ2n) is 19.3. The molecule has 0 saturated carbocycles. The van der Waals surface area contributed by atoms with E-state index in [0.717, 1.165) is 70.6 Å². The van der Waals surface area contributed by atoms with Crippen molar-refractivity contribution in [3.8, 4) is 0 Å². The molecule has 0 saturated heterocycles. The Bertz CT molecular complexity index is 1040. The van der Waals surface area contributed by atoms with Crippen LogP contribution in [0.5, 0.6) is 0 Å². The normalized spacial score (nSPS) is 12.9. The molecule has 0 rings (SSSR count). The molecule has 0 aliphatic heterocycles. The van der Waals surface area contributed by atoms with Gasteiger partial charge in [0.1, 0.15) is 0 Å². The van der Waals surface area contributed by atoms with Crippen molar-refractivity contribution in [2.24, 2.45) is 0 Å². The molecule has 2 unspecified atom stereocenters. The number of esters is 1. The molecular weight excluding hydrogens is 791 g/mol. The zero-order valence-electron chi connectivity index (χ0n) is 42.8. The van der Waals surface area contributed by atoms with E-state index >= 15 is 0 Å². The molecule has 0 bridgehead atoms. The molecule has 0 aromatic rings. The number of hydrogen-bond donors (Lipinski definition) is 3. The second kappa shape index (κ2) is 53.7. The van der Waals surface area contributed by atoms with Crippen molar-refractivity contribution in [3.05, 3.63) is 36.5 Å². The Morgan fingerprint density at radius 1 is 0.438 bits per heavy atom. The molecule has 376 valence electrons. The molecular formula is C58H109NO5. The van der Waals surface area contributed by atoms with Crippen molar-refractivity contribution in [2.45, 2.75) is 309 Å². The second-order valence-corrected chi connectivity index (χ2v) is 19.3. The molecule has 1 amide bonds. The highest BCUT2D eigenvalue weighted by Crippen LogP contribution is 2.17. The smallest absolute Gasteiger partial charge is 0.305 e. The molecule has 0 heterocycles. The van der Waals surface area contributed by atoms with Gasteiger partial charge in [-0.05, 0) is 77.0 Å². The predicted octanol–water partition coefficient (Wildman–Crippen LogP) is 17.2. The van der Waals surface area contributed by atoms with Gasteiger partial charge in [-0.15, -0.1) is 0 Å². The number of aliphatic hydroxyl groups excluding tert-OH is 2. The summed E-state index contributed by atoms with van der Waals surface area (Å²) in [5.74, 6) is -0.0614. The molecule has 2 atom stereocenters. The Hall–Kier alpha value is -1.92. The summed E-state index contributed by atoms with van der Waals surface area (Å²) < 4.78 is 5.45. The van der Waals surface area contributed by atoms with Gasteiger partial charge in [-0.3, -0.25) is 9.59 Å². The van der Waals surface area contributed by atoms with Crippen LogP contribution in [-0.2, 0) is 14.3 Å². The average Bonchev–Trinajstić information content (AvgIpc) is 3.29. The van der Waals surface area contributed by atoms with Gasteiger partial charge in [-0.25, -0.2) is 0 Å². The first-order valence-corrected chi connectivity index (χ1v) is 28.2. The number of allylic oxidation sites excluding steroid dienone is 6. The SMILES string of the molecule is CCC/C=C\C/C=C\CCCCCCCC(=O)OCCCCCCCCCCC/C=C\CCCCCCCC(=O)NC(CO)C(O)CCCCCCCCCCCCCCCCCC. The monoisotopic (exact) mass is 900 g/mol. The standard InChI is InChI=1S/C58H109NO5/c1-3-5-7-9-11-13-15-17-18-23-27-30-34-38-42-46-50-56(61)55(54-60)59-57(62)51-47-43-39-35-31-28-24-21-19-20-22-25-29-33-37-41-45-49-53-64-58(63)52-48-44-40-36-32-26-16-14-12-10-8-6-4-2/h8,10,14,16,21,24,55-56,60-61H,3-7,9,11-13,15,17-20,22-23,25-54H2,1-2H3,(H,59,62)/b10-8-,16-14-,24-21-. The van der Waals surface area contributed by atoms with Gasteiger partial charge in [-0.2, -0.15) is 0 Å². The van der Waals surface area contributed by atoms with Crippen molar-refractivity contribution in [2.75, 3.05) is 13.2 Å². The first-order chi connectivity index (χ1) is 31.5. The highest BCUT2D eigenvalue weighted by Gasteiger charge is 2.20. The van der Waals surface area contributed by atoms with Crippen LogP contribution in [-0.4, -0.2) is 47.4 Å². The lowest BCUT2D eigenvalue weighted by Gasteiger charge is -2.22. The van der Waals surface area contributed by atoms with Crippen LogP contribution in [0.25, 0.3) is 0 Å². The Kier molecular flexibility index (Phi) is 52.1. The van der Waals surface area contributed by atoms with Crippen LogP contribution in [0.2, 0.25) is 0 Å². The number of ether oxygens (including phenoxy) is 1. The lowest BCUT2D eigenvalue weighted by atomic mass is 10.0. The van der Waals surface area contributed by atoms with Crippen molar-refractivity contribution in [1.29, 1.82) is 0 Å². The van der Waals surface area contributed by atoms with E-state index in [1.54, 1.807) is 0 Å². The molecule has 6 heteroatoms. The fourth-order valence-corrected chi connectivity index (χ4v) is 8.55. The minimum Gasteiger partial charge on any atom is -0.466 e. The van der Waals surface area contributed by atoms with Crippen LogP contribution in [0.3, 0.4) is 0 Å². The zero-order valence-corrected chi connectivity index (χ0v) is 42.8. The van der Waals surface area contributed by atoms with E-state index in [1.165, 1.54) is 193 Å². The van der Waals surface area contributed by atoms with Crippen LogP contribution in [0.15, 0.2) is 36.5 Å². The quantitative estimate of drug-likeness (QED) is 0.0321. The van der Waals surface area contributed by atoms with E-state index in [2.05, 4.69) is 55.6 Å². The van der Waals surface area contributed by atoms with E-state index in [0.29, 0.717) is 25.9 Å². The Morgan fingerprint density at radius 3 is 1.27 bits per heavy atom. The van der Waals surface area contributed by atoms with Gasteiger partial charge in [-0.1, -0.05) is 243 Å². The summed E-state index contributed by atoms with van der Waals surface area (Å²) in [5.41, 5.74) is 0. The van der Waals surface area contributed by atoms with Crippen LogP contribution in [0, 0.1) is 0 Å². The summed E-state index contributed by atoms with van der Waals surface area (Å²) in [7, 11) is 0. The maximum absolute atomic E-state index is 12.5. The summed E-state index contributed by atoms with van der Waals surface area (Å²) in [6.07, 6.45) is 65.5. The van der Waals surface area contributed by atoms with Gasteiger partial charge < -0.3 is 20.3 Å². The van der Waals surface area contributed by atoms with Crippen LogP contribution in [0.1, 0.15) is 296 Å². The Morgan fingerprint density at radius 2 is 0.812 bits per heavy atom. The maximum Gasteiger partial charge on any atom is 0.305 e. The van der Waals surface area contributed by atoms with Crippen molar-refractivity contribution in [3.63, 3.8) is 0 Å². The lowest BCUT2D eigenvalue weighted by Crippen LogP contribution is -2.45. The van der Waals surface area contributed by atoms with Gasteiger partial charge in [0.15, 0.2) is 0 Å². The zero-order chi connectivity index (χ0) is 46.5. The highest BCUT2D eigenvalue weighted by atomic mass is 16.5. The van der Waals surface area contributed by atoms with Gasteiger partial charge in [0.25, 0.3) is 0 Å². The van der Waals surface area contributed by atoms with Crippen LogP contribution >= 0.6 is 0 Å². The molecule has 0 fully saturated rings. The molecule has 3 N–H and O–H groups in total. The summed E-state index contributed by atoms with van der Waals surface area (Å²) >= 11 is 0. The van der Waals surface area contributed by atoms with E-state index in [-0.39, 0.29) is 18.5 Å². The average molecular weight is 901 g/mol. The first kappa shape index (κ1) is 62.1. The lowest BCUT2D eigenvalue weighted by molar-refractivity contribution is -0.143. The van der Waals surface area contributed by atoms with Crippen molar-refractivity contribution < 1.29 is 24.5 Å². The summed E-state index contributed by atoms with van der Waals surface area (Å²) in [6.45, 7) is 4.87. The minimum absolute atomic E-state index is 0.0126. The maximum atomic E-state index is 12.5. The molecule has 0 spiro atoms. The largest absolute Gasteiger partial charge is 0.466 e. The van der Waals surface area contributed by atoms with Crippen LogP contribution < -0.4 is 5.32 Å². The summed E-state index contributed by atoms with van der Waals surface area (Å²) in [6, 6.07) is -0.552.